The largest absolute Gasteiger partial charge is 0.296 e. The number of hydrogen-bond donors (Lipinski definition) is 0. The highest BCUT2D eigenvalue weighted by atomic mass is 15.1. The number of hydrogen-bond acceptors (Lipinski definition) is 4. The van der Waals surface area contributed by atoms with Crippen LogP contribution in [0.4, 0.5) is 0 Å². The number of aromatic nitrogens is 1. The van der Waals surface area contributed by atoms with Crippen molar-refractivity contribution in [3.8, 4) is 12.1 Å². The molecule has 0 radical (unpaired) electrons. The molecule has 0 spiro atoms. The molecule has 1 aromatic rings. The summed E-state index contributed by atoms with van der Waals surface area (Å²) in [6, 6.07) is 8.26. The summed E-state index contributed by atoms with van der Waals surface area (Å²) in [6.07, 6.45) is 2.17. The van der Waals surface area contributed by atoms with Crippen LogP contribution in [0.15, 0.2) is 18.3 Å². The molecular weight excluding hydrogens is 212 g/mol. The first-order chi connectivity index (χ1) is 8.17. The van der Waals surface area contributed by atoms with Crippen LogP contribution < -0.4 is 0 Å². The van der Waals surface area contributed by atoms with Crippen LogP contribution in [0.2, 0.25) is 0 Å². The zero-order valence-electron chi connectivity index (χ0n) is 10.2. The minimum absolute atomic E-state index is 0.377. The maximum atomic E-state index is 8.78. The van der Waals surface area contributed by atoms with Gasteiger partial charge in [-0.15, -0.1) is 0 Å². The van der Waals surface area contributed by atoms with Gasteiger partial charge in [0.25, 0.3) is 0 Å². The van der Waals surface area contributed by atoms with Gasteiger partial charge >= 0.3 is 0 Å². The molecular formula is C13H16N4. The fraction of sp³-hybridized carbons (Fsp3) is 0.462. The molecule has 0 saturated carbocycles. The van der Waals surface area contributed by atoms with Crippen LogP contribution in [-0.2, 0) is 6.54 Å². The molecule has 0 atom stereocenters. The zero-order chi connectivity index (χ0) is 12.7. The van der Waals surface area contributed by atoms with E-state index in [1.54, 1.807) is 12.3 Å². The molecule has 1 rings (SSSR count). The Morgan fingerprint density at radius 3 is 2.76 bits per heavy atom. The van der Waals surface area contributed by atoms with E-state index in [0.29, 0.717) is 18.2 Å². The lowest BCUT2D eigenvalue weighted by atomic mass is 10.2. The van der Waals surface area contributed by atoms with E-state index in [9.17, 15) is 0 Å². The highest BCUT2D eigenvalue weighted by Crippen LogP contribution is 2.09. The Labute approximate surface area is 102 Å². The smallest absolute Gasteiger partial charge is 0.140 e. The van der Waals surface area contributed by atoms with E-state index in [1.165, 1.54) is 0 Å². The molecule has 0 aliphatic carbocycles. The molecule has 17 heavy (non-hydrogen) atoms. The van der Waals surface area contributed by atoms with Crippen molar-refractivity contribution in [1.82, 2.24) is 9.88 Å². The number of nitrogens with zero attached hydrogens (tertiary/aromatic N) is 4. The lowest BCUT2D eigenvalue weighted by Crippen LogP contribution is -2.31. The normalized spacial score (nSPS) is 10.2. The third kappa shape index (κ3) is 4.22. The highest BCUT2D eigenvalue weighted by Gasteiger charge is 2.10. The molecule has 88 valence electrons. The minimum Gasteiger partial charge on any atom is -0.296 e. The van der Waals surface area contributed by atoms with Gasteiger partial charge in [0.05, 0.1) is 6.07 Å². The topological polar surface area (TPSA) is 63.7 Å². The zero-order valence-corrected chi connectivity index (χ0v) is 10.2. The number of rotatable bonds is 5. The molecule has 0 fully saturated rings. The Bertz CT molecular complexity index is 439. The SMILES string of the molecule is CC(C)N(CCC#N)Cc1ccnc(C#N)c1. The summed E-state index contributed by atoms with van der Waals surface area (Å²) >= 11 is 0. The molecule has 0 aromatic carbocycles. The van der Waals surface area contributed by atoms with Gasteiger partial charge in [-0.25, -0.2) is 4.98 Å². The van der Waals surface area contributed by atoms with Gasteiger partial charge in [0.2, 0.25) is 0 Å². The van der Waals surface area contributed by atoms with Gasteiger partial charge in [0.1, 0.15) is 11.8 Å². The molecule has 0 unspecified atom stereocenters. The van der Waals surface area contributed by atoms with Crippen LogP contribution in [0.5, 0.6) is 0 Å². The van der Waals surface area contributed by atoms with Crippen molar-refractivity contribution in [3.05, 3.63) is 29.6 Å². The molecule has 1 heterocycles. The Hall–Kier alpha value is -1.91. The molecule has 0 amide bonds. The summed E-state index contributed by atoms with van der Waals surface area (Å²) < 4.78 is 0. The molecule has 0 aliphatic rings. The Morgan fingerprint density at radius 1 is 1.41 bits per heavy atom. The van der Waals surface area contributed by atoms with E-state index in [0.717, 1.165) is 18.7 Å². The molecule has 1 aromatic heterocycles. The second kappa shape index (κ2) is 6.62. The maximum Gasteiger partial charge on any atom is 0.140 e. The van der Waals surface area contributed by atoms with E-state index < -0.39 is 0 Å². The summed E-state index contributed by atoms with van der Waals surface area (Å²) in [5.74, 6) is 0. The van der Waals surface area contributed by atoms with Crippen LogP contribution in [0.25, 0.3) is 0 Å². The van der Waals surface area contributed by atoms with Crippen molar-refractivity contribution in [2.45, 2.75) is 32.9 Å². The second-order valence-corrected chi connectivity index (χ2v) is 4.13. The second-order valence-electron chi connectivity index (χ2n) is 4.13. The van der Waals surface area contributed by atoms with Gasteiger partial charge in [0, 0.05) is 31.7 Å². The predicted molar refractivity (Wildman–Crippen MR) is 64.7 cm³/mol. The van der Waals surface area contributed by atoms with Crippen molar-refractivity contribution in [2.24, 2.45) is 0 Å². The van der Waals surface area contributed by atoms with Gasteiger partial charge in [-0.05, 0) is 31.5 Å². The van der Waals surface area contributed by atoms with Crippen molar-refractivity contribution < 1.29 is 0 Å². The fourth-order valence-corrected chi connectivity index (χ4v) is 1.58. The molecule has 4 nitrogen and oxygen atoms in total. The van der Waals surface area contributed by atoms with Crippen molar-refractivity contribution in [2.75, 3.05) is 6.54 Å². The third-order valence-corrected chi connectivity index (χ3v) is 2.57. The van der Waals surface area contributed by atoms with Crippen LogP contribution in [-0.4, -0.2) is 22.5 Å². The predicted octanol–water partition coefficient (Wildman–Crippen LogP) is 2.08. The Balaban J connectivity index is 2.72. The third-order valence-electron chi connectivity index (χ3n) is 2.57. The summed E-state index contributed by atoms with van der Waals surface area (Å²) in [6.45, 7) is 5.70. The molecule has 0 bridgehead atoms. The van der Waals surface area contributed by atoms with Gasteiger partial charge in [-0.3, -0.25) is 4.90 Å². The van der Waals surface area contributed by atoms with Crippen molar-refractivity contribution >= 4 is 0 Å². The average Bonchev–Trinajstić information content (AvgIpc) is 2.34. The van der Waals surface area contributed by atoms with E-state index in [-0.39, 0.29) is 0 Å². The van der Waals surface area contributed by atoms with Gasteiger partial charge in [-0.2, -0.15) is 10.5 Å². The molecule has 0 aliphatic heterocycles. The molecule has 0 saturated heterocycles. The molecule has 4 heteroatoms. The number of nitriles is 2. The van der Waals surface area contributed by atoms with Gasteiger partial charge < -0.3 is 0 Å². The maximum absolute atomic E-state index is 8.78. The van der Waals surface area contributed by atoms with E-state index in [2.05, 4.69) is 29.8 Å². The van der Waals surface area contributed by atoms with Crippen molar-refractivity contribution in [3.63, 3.8) is 0 Å². The Kier molecular flexibility index (Phi) is 5.13. The van der Waals surface area contributed by atoms with Crippen LogP contribution in [0.3, 0.4) is 0 Å². The monoisotopic (exact) mass is 228 g/mol. The van der Waals surface area contributed by atoms with E-state index >= 15 is 0 Å². The Morgan fingerprint density at radius 2 is 2.18 bits per heavy atom. The first kappa shape index (κ1) is 13.2. The first-order valence-electron chi connectivity index (χ1n) is 5.63. The summed E-state index contributed by atoms with van der Waals surface area (Å²) in [7, 11) is 0. The molecule has 0 N–H and O–H groups in total. The van der Waals surface area contributed by atoms with Crippen molar-refractivity contribution in [1.29, 1.82) is 10.5 Å². The van der Waals surface area contributed by atoms with Crippen LogP contribution in [0.1, 0.15) is 31.5 Å². The summed E-state index contributed by atoms with van der Waals surface area (Å²) in [5, 5.41) is 17.4. The lowest BCUT2D eigenvalue weighted by molar-refractivity contribution is 0.218. The number of pyridine rings is 1. The van der Waals surface area contributed by atoms with Crippen LogP contribution >= 0.6 is 0 Å². The lowest BCUT2D eigenvalue weighted by Gasteiger charge is -2.25. The van der Waals surface area contributed by atoms with Gasteiger partial charge in [0.15, 0.2) is 0 Å². The minimum atomic E-state index is 0.377. The first-order valence-corrected chi connectivity index (χ1v) is 5.63. The quantitative estimate of drug-likeness (QED) is 0.774. The fourth-order valence-electron chi connectivity index (χ4n) is 1.58. The van der Waals surface area contributed by atoms with E-state index in [1.807, 2.05) is 12.1 Å². The van der Waals surface area contributed by atoms with E-state index in [4.69, 9.17) is 10.5 Å². The standard InChI is InChI=1S/C13H16N4/c1-11(2)17(7-3-5-14)10-12-4-6-16-13(8-12)9-15/h4,6,8,11H,3,7,10H2,1-2H3. The summed E-state index contributed by atoms with van der Waals surface area (Å²) in [4.78, 5) is 6.15. The van der Waals surface area contributed by atoms with Gasteiger partial charge in [-0.1, -0.05) is 0 Å². The van der Waals surface area contributed by atoms with Crippen LogP contribution in [0, 0.1) is 22.7 Å². The highest BCUT2D eigenvalue weighted by molar-refractivity contribution is 5.25. The summed E-state index contributed by atoms with van der Waals surface area (Å²) in [5.41, 5.74) is 1.50. The average molecular weight is 228 g/mol.